The summed E-state index contributed by atoms with van der Waals surface area (Å²) in [6.07, 6.45) is -4.53. The molecule has 0 atom stereocenters. The summed E-state index contributed by atoms with van der Waals surface area (Å²) < 4.78 is 40.0. The van der Waals surface area contributed by atoms with Gasteiger partial charge in [0.2, 0.25) is 0 Å². The molecule has 0 aliphatic carbocycles. The normalized spacial score (nSPS) is 11.2. The van der Waals surface area contributed by atoms with E-state index in [9.17, 15) is 23.3 Å². The van der Waals surface area contributed by atoms with Gasteiger partial charge in [0.05, 0.1) is 9.40 Å². The van der Waals surface area contributed by atoms with Crippen LogP contribution in [0.3, 0.4) is 0 Å². The smallest absolute Gasteiger partial charge is 0.422 e. The molecule has 0 unspecified atom stereocenters. The van der Waals surface area contributed by atoms with Crippen LogP contribution in [0.1, 0.15) is 0 Å². The van der Waals surface area contributed by atoms with Gasteiger partial charge < -0.3 is 4.74 Å². The molecule has 0 amide bonds. The Labute approximate surface area is 96.3 Å². The minimum Gasteiger partial charge on any atom is -0.477 e. The van der Waals surface area contributed by atoms with Crippen LogP contribution < -0.4 is 4.74 Å². The molecule has 16 heavy (non-hydrogen) atoms. The van der Waals surface area contributed by atoms with Crippen molar-refractivity contribution >= 4 is 21.6 Å². The van der Waals surface area contributed by atoms with Crippen LogP contribution in [-0.4, -0.2) is 17.7 Å². The largest absolute Gasteiger partial charge is 0.477 e. The number of alkyl halides is 3. The van der Waals surface area contributed by atoms with Gasteiger partial charge in [0.25, 0.3) is 0 Å². The van der Waals surface area contributed by atoms with Gasteiger partial charge in [-0.15, -0.1) is 0 Å². The number of para-hydroxylation sites is 1. The fraction of sp³-hybridized carbons (Fsp3) is 0.250. The second-order valence-electron chi connectivity index (χ2n) is 2.75. The van der Waals surface area contributed by atoms with E-state index in [0.717, 1.165) is 6.07 Å². The van der Waals surface area contributed by atoms with Crippen molar-refractivity contribution in [2.45, 2.75) is 6.18 Å². The summed E-state index contributed by atoms with van der Waals surface area (Å²) in [6.45, 7) is -1.57. The Morgan fingerprint density at radius 3 is 2.56 bits per heavy atom. The van der Waals surface area contributed by atoms with Gasteiger partial charge in [-0.05, 0) is 28.1 Å². The zero-order valence-corrected chi connectivity index (χ0v) is 9.21. The molecule has 0 aliphatic heterocycles. The van der Waals surface area contributed by atoms with Crippen molar-refractivity contribution in [1.82, 2.24) is 0 Å². The summed E-state index contributed by atoms with van der Waals surface area (Å²) in [5, 5.41) is 10.6. The van der Waals surface area contributed by atoms with Crippen LogP contribution in [0.5, 0.6) is 5.75 Å². The predicted molar refractivity (Wildman–Crippen MR) is 52.3 cm³/mol. The molecule has 1 rings (SSSR count). The molecule has 4 nitrogen and oxygen atoms in total. The average molecular weight is 300 g/mol. The van der Waals surface area contributed by atoms with E-state index in [-0.39, 0.29) is 4.47 Å². The van der Waals surface area contributed by atoms with Crippen LogP contribution in [0.25, 0.3) is 0 Å². The number of ether oxygens (including phenoxy) is 1. The number of rotatable bonds is 3. The van der Waals surface area contributed by atoms with Gasteiger partial charge in [-0.3, -0.25) is 10.1 Å². The highest BCUT2D eigenvalue weighted by molar-refractivity contribution is 9.10. The lowest BCUT2D eigenvalue weighted by Gasteiger charge is -2.09. The van der Waals surface area contributed by atoms with Crippen molar-refractivity contribution < 1.29 is 22.8 Å². The fourth-order valence-corrected chi connectivity index (χ4v) is 1.44. The van der Waals surface area contributed by atoms with Crippen molar-refractivity contribution in [2.24, 2.45) is 0 Å². The fourth-order valence-electron chi connectivity index (χ4n) is 0.949. The third-order valence-electron chi connectivity index (χ3n) is 1.52. The molecule has 0 radical (unpaired) electrons. The van der Waals surface area contributed by atoms with Gasteiger partial charge in [0.1, 0.15) is 0 Å². The predicted octanol–water partition coefficient (Wildman–Crippen LogP) is 3.30. The quantitative estimate of drug-likeness (QED) is 0.635. The Morgan fingerprint density at radius 1 is 1.44 bits per heavy atom. The summed E-state index contributed by atoms with van der Waals surface area (Å²) in [5.74, 6) is -0.420. The van der Waals surface area contributed by atoms with Gasteiger partial charge in [-0.1, -0.05) is 6.07 Å². The second-order valence-corrected chi connectivity index (χ2v) is 3.60. The number of hydrogen-bond acceptors (Lipinski definition) is 3. The average Bonchev–Trinajstić information content (AvgIpc) is 2.12. The van der Waals surface area contributed by atoms with E-state index < -0.39 is 29.1 Å². The number of nitro groups is 1. The molecule has 8 heteroatoms. The maximum atomic E-state index is 11.9. The van der Waals surface area contributed by atoms with Crippen molar-refractivity contribution in [3.8, 4) is 5.75 Å². The highest BCUT2D eigenvalue weighted by Crippen LogP contribution is 2.35. The Morgan fingerprint density at radius 2 is 2.06 bits per heavy atom. The first-order valence-corrected chi connectivity index (χ1v) is 4.73. The molecular formula is C8H5BrF3NO3. The van der Waals surface area contributed by atoms with Crippen LogP contribution >= 0.6 is 15.9 Å². The molecule has 0 bridgehead atoms. The third-order valence-corrected chi connectivity index (χ3v) is 2.16. The maximum Gasteiger partial charge on any atom is 0.422 e. The van der Waals surface area contributed by atoms with Gasteiger partial charge >= 0.3 is 11.9 Å². The van der Waals surface area contributed by atoms with Crippen molar-refractivity contribution in [1.29, 1.82) is 0 Å². The van der Waals surface area contributed by atoms with E-state index in [0.29, 0.717) is 0 Å². The topological polar surface area (TPSA) is 52.4 Å². The first-order valence-electron chi connectivity index (χ1n) is 3.94. The Hall–Kier alpha value is -1.31. The Bertz CT molecular complexity index is 408. The lowest BCUT2D eigenvalue weighted by molar-refractivity contribution is -0.386. The number of benzene rings is 1. The van der Waals surface area contributed by atoms with E-state index in [1.165, 1.54) is 12.1 Å². The molecular weight excluding hydrogens is 295 g/mol. The first-order chi connectivity index (χ1) is 7.31. The lowest BCUT2D eigenvalue weighted by atomic mass is 10.3. The van der Waals surface area contributed by atoms with Crippen molar-refractivity contribution in [2.75, 3.05) is 6.61 Å². The monoisotopic (exact) mass is 299 g/mol. The number of hydrogen-bond donors (Lipinski definition) is 0. The van der Waals surface area contributed by atoms with Crippen LogP contribution in [0, 0.1) is 10.1 Å². The van der Waals surface area contributed by atoms with E-state index in [1.54, 1.807) is 0 Å². The summed E-state index contributed by atoms with van der Waals surface area (Å²) in [6, 6.07) is 3.80. The van der Waals surface area contributed by atoms with Crippen LogP contribution in [-0.2, 0) is 0 Å². The molecule has 0 spiro atoms. The van der Waals surface area contributed by atoms with Crippen LogP contribution in [0.2, 0.25) is 0 Å². The molecule has 1 aromatic rings. The van der Waals surface area contributed by atoms with E-state index in [1.807, 2.05) is 0 Å². The minimum atomic E-state index is -4.53. The minimum absolute atomic E-state index is 0.0668. The second kappa shape index (κ2) is 4.69. The number of halogens is 4. The zero-order chi connectivity index (χ0) is 12.3. The van der Waals surface area contributed by atoms with Crippen LogP contribution in [0.4, 0.5) is 18.9 Å². The molecule has 0 saturated heterocycles. The molecule has 1 aromatic carbocycles. The summed E-state index contributed by atoms with van der Waals surface area (Å²) >= 11 is 2.87. The molecule has 0 N–H and O–H groups in total. The molecule has 0 fully saturated rings. The molecule has 0 saturated carbocycles. The van der Waals surface area contributed by atoms with Gasteiger partial charge in [-0.2, -0.15) is 13.2 Å². The van der Waals surface area contributed by atoms with Crippen LogP contribution in [0.15, 0.2) is 22.7 Å². The highest BCUT2D eigenvalue weighted by Gasteiger charge is 2.30. The Kier molecular flexibility index (Phi) is 3.74. The lowest BCUT2D eigenvalue weighted by Crippen LogP contribution is -2.19. The molecule has 0 heterocycles. The highest BCUT2D eigenvalue weighted by atomic mass is 79.9. The van der Waals surface area contributed by atoms with Gasteiger partial charge in [0, 0.05) is 0 Å². The van der Waals surface area contributed by atoms with Crippen molar-refractivity contribution in [3.05, 3.63) is 32.8 Å². The standard InChI is InChI=1S/C8H5BrF3NO3/c9-5-2-1-3-6(7(5)13(14)15)16-4-8(10,11)12/h1-3H,4H2. The summed E-state index contributed by atoms with van der Waals surface area (Å²) in [7, 11) is 0. The van der Waals surface area contributed by atoms with E-state index >= 15 is 0 Å². The van der Waals surface area contributed by atoms with Gasteiger partial charge in [-0.25, -0.2) is 0 Å². The molecule has 0 aliphatic rings. The molecule has 0 aromatic heterocycles. The Balaban J connectivity index is 2.96. The number of nitro benzene ring substituents is 1. The van der Waals surface area contributed by atoms with E-state index in [4.69, 9.17) is 0 Å². The van der Waals surface area contributed by atoms with E-state index in [2.05, 4.69) is 20.7 Å². The van der Waals surface area contributed by atoms with Gasteiger partial charge in [0.15, 0.2) is 12.4 Å². The first kappa shape index (κ1) is 12.8. The number of nitrogens with zero attached hydrogens (tertiary/aromatic N) is 1. The zero-order valence-electron chi connectivity index (χ0n) is 7.62. The third kappa shape index (κ3) is 3.37. The summed E-state index contributed by atoms with van der Waals surface area (Å²) in [4.78, 5) is 9.77. The van der Waals surface area contributed by atoms with Crippen molar-refractivity contribution in [3.63, 3.8) is 0 Å². The molecule has 88 valence electrons. The summed E-state index contributed by atoms with van der Waals surface area (Å²) in [5.41, 5.74) is -0.522. The SMILES string of the molecule is O=[N+]([O-])c1c(Br)cccc1OCC(F)(F)F. The maximum absolute atomic E-state index is 11.9.